The zero-order chi connectivity index (χ0) is 12.4. The Morgan fingerprint density at radius 3 is 2.88 bits per heavy atom. The summed E-state index contributed by atoms with van der Waals surface area (Å²) in [6.45, 7) is 3.67. The third-order valence-corrected chi connectivity index (χ3v) is 3.32. The number of halogens is 1. The van der Waals surface area contributed by atoms with Crippen molar-refractivity contribution < 1.29 is 14.3 Å². The fourth-order valence-corrected chi connectivity index (χ4v) is 2.41. The normalized spacial score (nSPS) is 20.2. The summed E-state index contributed by atoms with van der Waals surface area (Å²) in [4.78, 5) is 10.9. The van der Waals surface area contributed by atoms with Crippen LogP contribution in [0, 0.1) is 12.7 Å². The van der Waals surface area contributed by atoms with Gasteiger partial charge >= 0.3 is 5.97 Å². The number of rotatable bonds is 2. The van der Waals surface area contributed by atoms with E-state index in [2.05, 4.69) is 5.32 Å². The molecule has 0 bridgehead atoms. The summed E-state index contributed by atoms with van der Waals surface area (Å²) in [7, 11) is 0. The topological polar surface area (TPSA) is 49.3 Å². The molecule has 2 rings (SSSR count). The van der Waals surface area contributed by atoms with E-state index in [1.165, 1.54) is 12.1 Å². The lowest BCUT2D eigenvalue weighted by molar-refractivity contribution is 0.0691. The van der Waals surface area contributed by atoms with E-state index in [-0.39, 0.29) is 5.56 Å². The summed E-state index contributed by atoms with van der Waals surface area (Å²) in [5, 5.41) is 12.2. The molecule has 0 radical (unpaired) electrons. The Hall–Kier alpha value is -1.42. The molecule has 4 heteroatoms. The van der Waals surface area contributed by atoms with Crippen molar-refractivity contribution in [2.75, 3.05) is 13.1 Å². The zero-order valence-electron chi connectivity index (χ0n) is 9.79. The summed E-state index contributed by atoms with van der Waals surface area (Å²) < 4.78 is 13.5. The van der Waals surface area contributed by atoms with Crippen molar-refractivity contribution in [2.24, 2.45) is 0 Å². The summed E-state index contributed by atoms with van der Waals surface area (Å²) in [6.07, 6.45) is 2.10. The first kappa shape index (κ1) is 12.0. The van der Waals surface area contributed by atoms with Crippen LogP contribution in [0.5, 0.6) is 0 Å². The predicted molar refractivity (Wildman–Crippen MR) is 62.9 cm³/mol. The van der Waals surface area contributed by atoms with Crippen LogP contribution in [0.4, 0.5) is 4.39 Å². The summed E-state index contributed by atoms with van der Waals surface area (Å²) >= 11 is 0. The monoisotopic (exact) mass is 237 g/mol. The maximum absolute atomic E-state index is 13.5. The van der Waals surface area contributed by atoms with Gasteiger partial charge in [-0.15, -0.1) is 0 Å². The van der Waals surface area contributed by atoms with E-state index in [9.17, 15) is 9.18 Å². The lowest BCUT2D eigenvalue weighted by Gasteiger charge is -2.25. The van der Waals surface area contributed by atoms with Gasteiger partial charge in [-0.3, -0.25) is 0 Å². The predicted octanol–water partition coefficient (Wildman–Crippen LogP) is 2.30. The van der Waals surface area contributed by atoms with E-state index in [1.54, 1.807) is 0 Å². The minimum absolute atomic E-state index is 0.226. The van der Waals surface area contributed by atoms with Gasteiger partial charge in [0.15, 0.2) is 0 Å². The number of aromatic carboxylic acids is 1. The van der Waals surface area contributed by atoms with Gasteiger partial charge in [0.05, 0.1) is 5.56 Å². The highest BCUT2D eigenvalue weighted by atomic mass is 19.1. The standard InChI is InChI=1S/C13H16FNO2/c1-8-5-12(14)11(13(16)17)6-10(8)9-3-2-4-15-7-9/h5-6,9,15H,2-4,7H2,1H3,(H,16,17). The van der Waals surface area contributed by atoms with Crippen LogP contribution in [0.15, 0.2) is 12.1 Å². The minimum atomic E-state index is -1.20. The van der Waals surface area contributed by atoms with E-state index < -0.39 is 11.8 Å². The Morgan fingerprint density at radius 2 is 2.29 bits per heavy atom. The maximum Gasteiger partial charge on any atom is 0.338 e. The van der Waals surface area contributed by atoms with Gasteiger partial charge in [0.25, 0.3) is 0 Å². The van der Waals surface area contributed by atoms with Gasteiger partial charge in [0, 0.05) is 6.54 Å². The van der Waals surface area contributed by atoms with Crippen molar-refractivity contribution in [3.05, 3.63) is 34.6 Å². The van der Waals surface area contributed by atoms with Gasteiger partial charge in [0.2, 0.25) is 0 Å². The van der Waals surface area contributed by atoms with Crippen molar-refractivity contribution >= 4 is 5.97 Å². The average Bonchev–Trinajstić information content (AvgIpc) is 2.29. The maximum atomic E-state index is 13.5. The fraction of sp³-hybridized carbons (Fsp3) is 0.462. The molecule has 1 heterocycles. The average molecular weight is 237 g/mol. The van der Waals surface area contributed by atoms with Crippen LogP contribution in [0.3, 0.4) is 0 Å². The Labute approximate surface area is 99.7 Å². The second-order valence-corrected chi connectivity index (χ2v) is 4.54. The van der Waals surface area contributed by atoms with Crippen LogP contribution in [0.25, 0.3) is 0 Å². The van der Waals surface area contributed by atoms with E-state index in [0.29, 0.717) is 5.92 Å². The van der Waals surface area contributed by atoms with Crippen LogP contribution in [0.1, 0.15) is 40.2 Å². The van der Waals surface area contributed by atoms with Crippen LogP contribution in [-0.4, -0.2) is 24.2 Å². The highest BCUT2D eigenvalue weighted by Crippen LogP contribution is 2.28. The summed E-state index contributed by atoms with van der Waals surface area (Å²) in [5.74, 6) is -1.56. The summed E-state index contributed by atoms with van der Waals surface area (Å²) in [5.41, 5.74) is 1.56. The Bertz CT molecular complexity index is 439. The van der Waals surface area contributed by atoms with E-state index in [1.807, 2.05) is 6.92 Å². The highest BCUT2D eigenvalue weighted by molar-refractivity contribution is 5.88. The molecule has 0 aromatic heterocycles. The number of aryl methyl sites for hydroxylation is 1. The van der Waals surface area contributed by atoms with Crippen molar-refractivity contribution in [3.8, 4) is 0 Å². The molecule has 3 nitrogen and oxygen atoms in total. The first-order valence-electron chi connectivity index (χ1n) is 5.83. The quantitative estimate of drug-likeness (QED) is 0.829. The molecule has 1 aromatic carbocycles. The van der Waals surface area contributed by atoms with Gasteiger partial charge in [-0.1, -0.05) is 0 Å². The molecule has 0 spiro atoms. The smallest absolute Gasteiger partial charge is 0.338 e. The molecular formula is C13H16FNO2. The number of carboxylic acids is 1. The number of nitrogens with one attached hydrogen (secondary N) is 1. The second-order valence-electron chi connectivity index (χ2n) is 4.54. The number of hydrogen-bond acceptors (Lipinski definition) is 2. The van der Waals surface area contributed by atoms with Crippen molar-refractivity contribution in [2.45, 2.75) is 25.7 Å². The minimum Gasteiger partial charge on any atom is -0.478 e. The molecule has 1 aromatic rings. The van der Waals surface area contributed by atoms with Gasteiger partial charge in [-0.2, -0.15) is 0 Å². The lowest BCUT2D eigenvalue weighted by atomic mass is 9.87. The molecule has 1 aliphatic heterocycles. The van der Waals surface area contributed by atoms with Crippen LogP contribution < -0.4 is 5.32 Å². The van der Waals surface area contributed by atoms with E-state index in [0.717, 1.165) is 37.1 Å². The first-order valence-corrected chi connectivity index (χ1v) is 5.83. The Morgan fingerprint density at radius 1 is 1.53 bits per heavy atom. The molecule has 1 aliphatic rings. The van der Waals surface area contributed by atoms with Gasteiger partial charge in [-0.05, 0) is 55.5 Å². The summed E-state index contributed by atoms with van der Waals surface area (Å²) in [6, 6.07) is 2.82. The molecule has 2 N–H and O–H groups in total. The molecule has 1 saturated heterocycles. The number of piperidine rings is 1. The van der Waals surface area contributed by atoms with E-state index in [4.69, 9.17) is 5.11 Å². The number of hydrogen-bond donors (Lipinski definition) is 2. The molecule has 92 valence electrons. The molecular weight excluding hydrogens is 221 g/mol. The Kier molecular flexibility index (Phi) is 3.43. The van der Waals surface area contributed by atoms with Crippen LogP contribution >= 0.6 is 0 Å². The molecule has 1 unspecified atom stereocenters. The van der Waals surface area contributed by atoms with Crippen molar-refractivity contribution in [1.29, 1.82) is 0 Å². The second kappa shape index (κ2) is 4.84. The molecule has 1 atom stereocenters. The van der Waals surface area contributed by atoms with E-state index >= 15 is 0 Å². The van der Waals surface area contributed by atoms with Crippen LogP contribution in [0.2, 0.25) is 0 Å². The fourth-order valence-electron chi connectivity index (χ4n) is 2.41. The highest BCUT2D eigenvalue weighted by Gasteiger charge is 2.20. The number of carbonyl (C=O) groups is 1. The number of benzene rings is 1. The first-order chi connectivity index (χ1) is 8.09. The third kappa shape index (κ3) is 2.47. The van der Waals surface area contributed by atoms with Gasteiger partial charge in [-0.25, -0.2) is 9.18 Å². The van der Waals surface area contributed by atoms with Gasteiger partial charge in [0.1, 0.15) is 5.82 Å². The Balaban J connectivity index is 2.38. The van der Waals surface area contributed by atoms with Gasteiger partial charge < -0.3 is 10.4 Å². The molecule has 1 fully saturated rings. The molecule has 0 amide bonds. The van der Waals surface area contributed by atoms with Crippen LogP contribution in [-0.2, 0) is 0 Å². The number of carboxylic acid groups (broad SMARTS) is 1. The third-order valence-electron chi connectivity index (χ3n) is 3.32. The lowest BCUT2D eigenvalue weighted by Crippen LogP contribution is -2.29. The van der Waals surface area contributed by atoms with Crippen molar-refractivity contribution in [3.63, 3.8) is 0 Å². The molecule has 0 saturated carbocycles. The molecule has 0 aliphatic carbocycles. The molecule has 17 heavy (non-hydrogen) atoms. The van der Waals surface area contributed by atoms with Crippen molar-refractivity contribution in [1.82, 2.24) is 5.32 Å². The zero-order valence-corrected chi connectivity index (χ0v) is 9.79. The SMILES string of the molecule is Cc1cc(F)c(C(=O)O)cc1C1CCCNC1. The largest absolute Gasteiger partial charge is 0.478 e.